The first-order valence-electron chi connectivity index (χ1n) is 3.99. The van der Waals surface area contributed by atoms with E-state index in [-0.39, 0.29) is 5.57 Å². The molecule has 0 radical (unpaired) electrons. The lowest BCUT2D eigenvalue weighted by Crippen LogP contribution is -2.01. The summed E-state index contributed by atoms with van der Waals surface area (Å²) in [5.74, 6) is -1.29. The molecule has 0 spiro atoms. The van der Waals surface area contributed by atoms with Gasteiger partial charge in [-0.2, -0.15) is 0 Å². The molecule has 15 heavy (non-hydrogen) atoms. The van der Waals surface area contributed by atoms with E-state index in [2.05, 4.69) is 0 Å². The Morgan fingerprint density at radius 3 is 2.53 bits per heavy atom. The van der Waals surface area contributed by atoms with Gasteiger partial charge in [0.25, 0.3) is 0 Å². The molecule has 0 heterocycles. The van der Waals surface area contributed by atoms with E-state index >= 15 is 0 Å². The Labute approximate surface area is 95.9 Å². The van der Waals surface area contributed by atoms with Gasteiger partial charge in [-0.15, -0.1) is 0 Å². The van der Waals surface area contributed by atoms with Crippen LogP contribution in [-0.2, 0) is 4.79 Å². The summed E-state index contributed by atoms with van der Waals surface area (Å²) in [5, 5.41) is 9.26. The highest BCUT2D eigenvalue weighted by Crippen LogP contribution is 2.23. The Morgan fingerprint density at radius 2 is 2.07 bits per heavy atom. The average molecular weight is 249 g/mol. The van der Waals surface area contributed by atoms with Gasteiger partial charge < -0.3 is 5.11 Å². The topological polar surface area (TPSA) is 37.3 Å². The Balaban J connectivity index is 3.07. The minimum Gasteiger partial charge on any atom is -0.478 e. The monoisotopic (exact) mass is 248 g/mol. The van der Waals surface area contributed by atoms with Crippen LogP contribution in [0.5, 0.6) is 0 Å². The number of rotatable bonds is 3. The third kappa shape index (κ3) is 3.22. The number of alkyl halides is 1. The van der Waals surface area contributed by atoms with Crippen LogP contribution >= 0.6 is 23.2 Å². The van der Waals surface area contributed by atoms with Crippen molar-refractivity contribution in [3.05, 3.63) is 39.4 Å². The van der Waals surface area contributed by atoms with Crippen LogP contribution in [0.4, 0.5) is 4.39 Å². The van der Waals surface area contributed by atoms with E-state index in [1.54, 1.807) is 6.07 Å². The van der Waals surface area contributed by atoms with Crippen LogP contribution in [0.2, 0.25) is 10.0 Å². The van der Waals surface area contributed by atoms with Gasteiger partial charge in [0, 0.05) is 0 Å². The summed E-state index contributed by atoms with van der Waals surface area (Å²) in [6.45, 7) is -1.03. The van der Waals surface area contributed by atoms with Gasteiger partial charge in [-0.1, -0.05) is 29.3 Å². The first kappa shape index (κ1) is 12.0. The molecule has 0 aliphatic heterocycles. The predicted molar refractivity (Wildman–Crippen MR) is 58.0 cm³/mol. The first-order valence-corrected chi connectivity index (χ1v) is 4.75. The maximum absolute atomic E-state index is 12.3. The van der Waals surface area contributed by atoms with E-state index in [4.69, 9.17) is 28.3 Å². The average Bonchev–Trinajstić information content (AvgIpc) is 2.19. The van der Waals surface area contributed by atoms with Crippen LogP contribution < -0.4 is 0 Å². The number of halogens is 3. The summed E-state index contributed by atoms with van der Waals surface area (Å²) in [6, 6.07) is 4.56. The summed E-state index contributed by atoms with van der Waals surface area (Å²) in [5.41, 5.74) is 0.174. The predicted octanol–water partition coefficient (Wildman–Crippen LogP) is 3.43. The number of carbonyl (C=O) groups is 1. The van der Waals surface area contributed by atoms with Crippen molar-refractivity contribution in [3.63, 3.8) is 0 Å². The zero-order valence-electron chi connectivity index (χ0n) is 7.51. The lowest BCUT2D eigenvalue weighted by atomic mass is 10.1. The van der Waals surface area contributed by atoms with Crippen molar-refractivity contribution < 1.29 is 14.3 Å². The van der Waals surface area contributed by atoms with E-state index in [1.807, 2.05) is 0 Å². The zero-order valence-corrected chi connectivity index (χ0v) is 9.02. The molecule has 0 unspecified atom stereocenters. The molecular formula is C10H7Cl2FO2. The van der Waals surface area contributed by atoms with Gasteiger partial charge in [0.15, 0.2) is 0 Å². The van der Waals surface area contributed by atoms with Gasteiger partial charge in [0.2, 0.25) is 0 Å². The highest BCUT2D eigenvalue weighted by molar-refractivity contribution is 6.42. The molecule has 1 aromatic rings. The fourth-order valence-electron chi connectivity index (χ4n) is 0.961. The molecule has 80 valence electrons. The highest BCUT2D eigenvalue weighted by Gasteiger charge is 2.07. The van der Waals surface area contributed by atoms with Crippen LogP contribution in [0.1, 0.15) is 5.56 Å². The molecule has 1 aromatic carbocycles. The summed E-state index contributed by atoms with van der Waals surface area (Å²) in [4.78, 5) is 10.5. The number of benzene rings is 1. The largest absolute Gasteiger partial charge is 0.478 e. The number of carboxylic acids is 1. The smallest absolute Gasteiger partial charge is 0.334 e. The second kappa shape index (κ2) is 5.14. The van der Waals surface area contributed by atoms with Gasteiger partial charge in [0.05, 0.1) is 15.6 Å². The van der Waals surface area contributed by atoms with Crippen molar-refractivity contribution in [3.8, 4) is 0 Å². The minimum absolute atomic E-state index is 0.300. The second-order valence-corrected chi connectivity index (χ2v) is 3.60. The third-order valence-electron chi connectivity index (χ3n) is 1.70. The lowest BCUT2D eigenvalue weighted by Gasteiger charge is -1.99. The van der Waals surface area contributed by atoms with Crippen molar-refractivity contribution in [2.75, 3.05) is 6.67 Å². The molecular weight excluding hydrogens is 242 g/mol. The van der Waals surface area contributed by atoms with Crippen LogP contribution in [0.3, 0.4) is 0 Å². The Kier molecular flexibility index (Phi) is 4.12. The molecule has 0 aromatic heterocycles. The molecule has 0 amide bonds. The van der Waals surface area contributed by atoms with Gasteiger partial charge in [-0.3, -0.25) is 0 Å². The Bertz CT molecular complexity index is 416. The van der Waals surface area contributed by atoms with Crippen LogP contribution in [0, 0.1) is 0 Å². The number of carboxylic acid groups (broad SMARTS) is 1. The van der Waals surface area contributed by atoms with Gasteiger partial charge >= 0.3 is 5.97 Å². The first-order chi connectivity index (χ1) is 7.04. The summed E-state index contributed by atoms with van der Waals surface area (Å²) in [6.07, 6.45) is 1.21. The summed E-state index contributed by atoms with van der Waals surface area (Å²) >= 11 is 11.4. The molecule has 2 nitrogen and oxygen atoms in total. The molecule has 0 saturated carbocycles. The van der Waals surface area contributed by atoms with Gasteiger partial charge in [-0.25, -0.2) is 9.18 Å². The second-order valence-electron chi connectivity index (χ2n) is 2.78. The molecule has 5 heteroatoms. The molecule has 0 fully saturated rings. The van der Waals surface area contributed by atoms with Crippen LogP contribution in [0.15, 0.2) is 23.8 Å². The molecule has 1 rings (SSSR count). The summed E-state index contributed by atoms with van der Waals surface area (Å²) < 4.78 is 12.3. The van der Waals surface area contributed by atoms with Crippen LogP contribution in [-0.4, -0.2) is 17.8 Å². The van der Waals surface area contributed by atoms with Gasteiger partial charge in [0.1, 0.15) is 6.67 Å². The fraction of sp³-hybridized carbons (Fsp3) is 0.100. The minimum atomic E-state index is -1.29. The Morgan fingerprint density at radius 1 is 1.40 bits per heavy atom. The van der Waals surface area contributed by atoms with E-state index in [1.165, 1.54) is 18.2 Å². The van der Waals surface area contributed by atoms with Crippen molar-refractivity contribution in [1.82, 2.24) is 0 Å². The molecule has 0 atom stereocenters. The van der Waals surface area contributed by atoms with Crippen LogP contribution in [0.25, 0.3) is 6.08 Å². The summed E-state index contributed by atoms with van der Waals surface area (Å²) in [7, 11) is 0. The van der Waals surface area contributed by atoms with Crippen molar-refractivity contribution in [1.29, 1.82) is 0 Å². The maximum Gasteiger partial charge on any atom is 0.334 e. The molecule has 0 bridgehead atoms. The molecule has 1 N–H and O–H groups in total. The fourth-order valence-corrected chi connectivity index (χ4v) is 1.27. The number of hydrogen-bond donors (Lipinski definition) is 1. The third-order valence-corrected chi connectivity index (χ3v) is 2.44. The highest BCUT2D eigenvalue weighted by atomic mass is 35.5. The standard InChI is InChI=1S/C10H7Cl2FO2/c11-8-2-1-6(4-9(8)12)3-7(5-13)10(14)15/h1-4H,5H2,(H,14,15). The molecule has 0 saturated heterocycles. The quantitative estimate of drug-likeness (QED) is 0.833. The SMILES string of the molecule is O=C(O)C(=Cc1ccc(Cl)c(Cl)c1)CF. The van der Waals surface area contributed by atoms with Crippen molar-refractivity contribution in [2.45, 2.75) is 0 Å². The van der Waals surface area contributed by atoms with Crippen molar-refractivity contribution >= 4 is 35.2 Å². The zero-order chi connectivity index (χ0) is 11.4. The molecule has 0 aliphatic rings. The normalized spacial score (nSPS) is 11.5. The lowest BCUT2D eigenvalue weighted by molar-refractivity contribution is -0.132. The maximum atomic E-state index is 12.3. The van der Waals surface area contributed by atoms with E-state index < -0.39 is 12.6 Å². The number of aliphatic carboxylic acids is 1. The van der Waals surface area contributed by atoms with E-state index in [0.29, 0.717) is 15.6 Å². The molecule has 0 aliphatic carbocycles. The van der Waals surface area contributed by atoms with Crippen molar-refractivity contribution in [2.24, 2.45) is 0 Å². The van der Waals surface area contributed by atoms with E-state index in [9.17, 15) is 9.18 Å². The number of hydrogen-bond acceptors (Lipinski definition) is 1. The van der Waals surface area contributed by atoms with E-state index in [0.717, 1.165) is 0 Å². The Hall–Kier alpha value is -1.06. The van der Waals surface area contributed by atoms with Gasteiger partial charge in [-0.05, 0) is 23.8 Å².